The summed E-state index contributed by atoms with van der Waals surface area (Å²) in [6.45, 7) is 3.17. The standard InChI is InChI=1S/C17H15BrN2O3/c1-10-5-3-4-6-14(10)20-17(23)16(22)13-9-12(18)7-8-15(13)19-11(2)21/h3-9H,1-2H3,(H,19,21)(H,20,23). The number of carbonyl (C=O) groups is 3. The van der Waals surface area contributed by atoms with Gasteiger partial charge in [-0.3, -0.25) is 14.4 Å². The zero-order valence-corrected chi connectivity index (χ0v) is 14.2. The molecule has 0 aliphatic carbocycles. The Balaban J connectivity index is 2.29. The van der Waals surface area contributed by atoms with Crippen LogP contribution in [0.5, 0.6) is 0 Å². The van der Waals surface area contributed by atoms with Crippen molar-refractivity contribution in [2.45, 2.75) is 13.8 Å². The predicted octanol–water partition coefficient (Wildman–Crippen LogP) is 3.54. The number of hydrogen-bond acceptors (Lipinski definition) is 3. The lowest BCUT2D eigenvalue weighted by Gasteiger charge is -2.11. The lowest BCUT2D eigenvalue weighted by atomic mass is 10.1. The Labute approximate surface area is 142 Å². The van der Waals surface area contributed by atoms with E-state index in [4.69, 9.17) is 0 Å². The van der Waals surface area contributed by atoms with Crippen molar-refractivity contribution in [1.82, 2.24) is 0 Å². The quantitative estimate of drug-likeness (QED) is 0.634. The molecule has 5 nitrogen and oxygen atoms in total. The van der Waals surface area contributed by atoms with Crippen LogP contribution in [0.15, 0.2) is 46.9 Å². The Morgan fingerprint density at radius 2 is 1.65 bits per heavy atom. The summed E-state index contributed by atoms with van der Waals surface area (Å²) in [5, 5.41) is 5.14. The molecule has 6 heteroatoms. The Morgan fingerprint density at radius 1 is 0.957 bits per heavy atom. The Hall–Kier alpha value is -2.47. The predicted molar refractivity (Wildman–Crippen MR) is 92.6 cm³/mol. The molecule has 0 saturated heterocycles. The monoisotopic (exact) mass is 374 g/mol. The molecule has 0 bridgehead atoms. The van der Waals surface area contributed by atoms with Crippen LogP contribution in [-0.2, 0) is 9.59 Å². The molecule has 118 valence electrons. The number of ketones is 1. The summed E-state index contributed by atoms with van der Waals surface area (Å²) in [7, 11) is 0. The summed E-state index contributed by atoms with van der Waals surface area (Å²) in [6, 6.07) is 11.9. The smallest absolute Gasteiger partial charge is 0.296 e. The molecule has 0 heterocycles. The van der Waals surface area contributed by atoms with E-state index in [0.29, 0.717) is 15.8 Å². The topological polar surface area (TPSA) is 75.3 Å². The number of benzene rings is 2. The van der Waals surface area contributed by atoms with Gasteiger partial charge in [0.25, 0.3) is 11.7 Å². The third kappa shape index (κ3) is 4.26. The van der Waals surface area contributed by atoms with Gasteiger partial charge in [-0.15, -0.1) is 0 Å². The third-order valence-electron chi connectivity index (χ3n) is 3.14. The summed E-state index contributed by atoms with van der Waals surface area (Å²) in [4.78, 5) is 35.9. The van der Waals surface area contributed by atoms with E-state index in [1.54, 1.807) is 24.3 Å². The maximum Gasteiger partial charge on any atom is 0.296 e. The van der Waals surface area contributed by atoms with Gasteiger partial charge in [0, 0.05) is 17.1 Å². The van der Waals surface area contributed by atoms with Gasteiger partial charge in [-0.1, -0.05) is 34.1 Å². The molecule has 2 N–H and O–H groups in total. The van der Waals surface area contributed by atoms with Gasteiger partial charge in [-0.2, -0.15) is 0 Å². The van der Waals surface area contributed by atoms with Crippen molar-refractivity contribution in [3.63, 3.8) is 0 Å². The van der Waals surface area contributed by atoms with Crippen LogP contribution >= 0.6 is 15.9 Å². The summed E-state index contributed by atoms with van der Waals surface area (Å²) in [6.07, 6.45) is 0. The molecule has 2 amide bonds. The highest BCUT2D eigenvalue weighted by Crippen LogP contribution is 2.22. The number of amides is 2. The molecular weight excluding hydrogens is 360 g/mol. The average Bonchev–Trinajstić information content (AvgIpc) is 2.50. The van der Waals surface area contributed by atoms with E-state index in [1.807, 2.05) is 19.1 Å². The highest BCUT2D eigenvalue weighted by Gasteiger charge is 2.21. The van der Waals surface area contributed by atoms with E-state index < -0.39 is 11.7 Å². The van der Waals surface area contributed by atoms with Crippen molar-refractivity contribution in [2.75, 3.05) is 10.6 Å². The first kappa shape index (κ1) is 16.9. The fraction of sp³-hybridized carbons (Fsp3) is 0.118. The molecule has 0 aromatic heterocycles. The molecule has 2 aromatic rings. The minimum atomic E-state index is -0.760. The number of aryl methyl sites for hydroxylation is 1. The molecule has 0 aliphatic heterocycles. The average molecular weight is 375 g/mol. The molecule has 0 atom stereocenters. The number of rotatable bonds is 4. The number of nitrogens with one attached hydrogen (secondary N) is 2. The highest BCUT2D eigenvalue weighted by molar-refractivity contribution is 9.10. The van der Waals surface area contributed by atoms with Gasteiger partial charge in [0.15, 0.2) is 0 Å². The second kappa shape index (κ2) is 7.19. The first-order valence-corrected chi connectivity index (χ1v) is 7.66. The van der Waals surface area contributed by atoms with Crippen molar-refractivity contribution >= 4 is 44.9 Å². The van der Waals surface area contributed by atoms with Crippen LogP contribution < -0.4 is 10.6 Å². The number of halogens is 1. The minimum Gasteiger partial charge on any atom is -0.326 e. The van der Waals surface area contributed by atoms with E-state index in [1.165, 1.54) is 13.0 Å². The van der Waals surface area contributed by atoms with Gasteiger partial charge < -0.3 is 10.6 Å². The zero-order chi connectivity index (χ0) is 17.0. The minimum absolute atomic E-state index is 0.126. The molecular formula is C17H15BrN2O3. The van der Waals surface area contributed by atoms with E-state index in [-0.39, 0.29) is 11.5 Å². The summed E-state index contributed by atoms with van der Waals surface area (Å²) in [5.74, 6) is -1.80. The van der Waals surface area contributed by atoms with E-state index >= 15 is 0 Å². The second-order valence-corrected chi connectivity index (χ2v) is 5.88. The Morgan fingerprint density at radius 3 is 2.30 bits per heavy atom. The number of hydrogen-bond donors (Lipinski definition) is 2. The van der Waals surface area contributed by atoms with Gasteiger partial charge in [0.2, 0.25) is 5.91 Å². The van der Waals surface area contributed by atoms with Crippen LogP contribution in [0.2, 0.25) is 0 Å². The number of Topliss-reactive ketones (excluding diaryl/α,β-unsaturated/α-hetero) is 1. The largest absolute Gasteiger partial charge is 0.326 e. The highest BCUT2D eigenvalue weighted by atomic mass is 79.9. The van der Waals surface area contributed by atoms with Crippen LogP contribution in [0.3, 0.4) is 0 Å². The lowest BCUT2D eigenvalue weighted by Crippen LogP contribution is -2.24. The van der Waals surface area contributed by atoms with Gasteiger partial charge in [-0.05, 0) is 36.8 Å². The van der Waals surface area contributed by atoms with Crippen LogP contribution in [0.25, 0.3) is 0 Å². The molecule has 0 saturated carbocycles. The molecule has 2 aromatic carbocycles. The number of anilines is 2. The zero-order valence-electron chi connectivity index (χ0n) is 12.6. The van der Waals surface area contributed by atoms with Crippen LogP contribution in [0.1, 0.15) is 22.8 Å². The van der Waals surface area contributed by atoms with Crippen molar-refractivity contribution in [2.24, 2.45) is 0 Å². The molecule has 0 spiro atoms. The third-order valence-corrected chi connectivity index (χ3v) is 3.63. The van der Waals surface area contributed by atoms with Gasteiger partial charge >= 0.3 is 0 Å². The normalized spacial score (nSPS) is 10.0. The molecule has 23 heavy (non-hydrogen) atoms. The maximum atomic E-state index is 12.4. The first-order chi connectivity index (χ1) is 10.9. The van der Waals surface area contributed by atoms with Crippen molar-refractivity contribution in [3.8, 4) is 0 Å². The first-order valence-electron chi connectivity index (χ1n) is 6.87. The van der Waals surface area contributed by atoms with Crippen molar-refractivity contribution < 1.29 is 14.4 Å². The van der Waals surface area contributed by atoms with Crippen LogP contribution in [0.4, 0.5) is 11.4 Å². The fourth-order valence-corrected chi connectivity index (χ4v) is 2.38. The molecule has 2 rings (SSSR count). The Bertz CT molecular complexity index is 787. The van der Waals surface area contributed by atoms with Gasteiger partial charge in [-0.25, -0.2) is 0 Å². The maximum absolute atomic E-state index is 12.4. The van der Waals surface area contributed by atoms with Crippen molar-refractivity contribution in [1.29, 1.82) is 0 Å². The van der Waals surface area contributed by atoms with Gasteiger partial charge in [0.1, 0.15) is 0 Å². The number of para-hydroxylation sites is 1. The molecule has 0 radical (unpaired) electrons. The molecule has 0 aliphatic rings. The summed E-state index contributed by atoms with van der Waals surface area (Å²) in [5.41, 5.74) is 1.85. The van der Waals surface area contributed by atoms with E-state index in [2.05, 4.69) is 26.6 Å². The van der Waals surface area contributed by atoms with Crippen LogP contribution in [0, 0.1) is 6.92 Å². The van der Waals surface area contributed by atoms with Crippen LogP contribution in [-0.4, -0.2) is 17.6 Å². The Kier molecular flexibility index (Phi) is 5.28. The fourth-order valence-electron chi connectivity index (χ4n) is 2.02. The van der Waals surface area contributed by atoms with Gasteiger partial charge in [0.05, 0.1) is 11.3 Å². The van der Waals surface area contributed by atoms with Crippen molar-refractivity contribution in [3.05, 3.63) is 58.1 Å². The summed E-state index contributed by atoms with van der Waals surface area (Å²) >= 11 is 3.26. The summed E-state index contributed by atoms with van der Waals surface area (Å²) < 4.78 is 0.638. The second-order valence-electron chi connectivity index (χ2n) is 4.97. The molecule has 0 fully saturated rings. The van der Waals surface area contributed by atoms with E-state index in [9.17, 15) is 14.4 Å². The van der Waals surface area contributed by atoms with E-state index in [0.717, 1.165) is 5.56 Å². The SMILES string of the molecule is CC(=O)Nc1ccc(Br)cc1C(=O)C(=O)Nc1ccccc1C. The molecule has 0 unspecified atom stereocenters. The lowest BCUT2D eigenvalue weighted by molar-refractivity contribution is -0.114. The number of carbonyl (C=O) groups excluding carboxylic acids is 3.